The van der Waals surface area contributed by atoms with Crippen LogP contribution in [-0.4, -0.2) is 34.1 Å². The molecule has 1 heterocycles. The van der Waals surface area contributed by atoms with Crippen molar-refractivity contribution in [2.24, 2.45) is 0 Å². The van der Waals surface area contributed by atoms with Crippen molar-refractivity contribution >= 4 is 11.7 Å². The topological polar surface area (TPSA) is 71.0 Å². The van der Waals surface area contributed by atoms with Gasteiger partial charge in [0, 0.05) is 29.9 Å². The van der Waals surface area contributed by atoms with Crippen molar-refractivity contribution in [3.63, 3.8) is 0 Å². The van der Waals surface area contributed by atoms with Crippen LogP contribution in [0.2, 0.25) is 0 Å². The Labute approximate surface area is 230 Å². The van der Waals surface area contributed by atoms with E-state index in [1.807, 2.05) is 23.8 Å². The van der Waals surface area contributed by atoms with Crippen LogP contribution in [0, 0.1) is 11.6 Å². The number of nitrogens with one attached hydrogen (secondary N) is 3. The lowest BCUT2D eigenvalue weighted by atomic mass is 9.87. The molecule has 1 aromatic heterocycles. The Morgan fingerprint density at radius 3 is 2.72 bits per heavy atom. The number of aryl methyl sites for hydroxylation is 1. The maximum Gasteiger partial charge on any atom is 0.242 e. The maximum absolute atomic E-state index is 14.4. The van der Waals surface area contributed by atoms with Crippen LogP contribution in [0.4, 0.5) is 14.6 Å². The van der Waals surface area contributed by atoms with Gasteiger partial charge in [0.25, 0.3) is 0 Å². The van der Waals surface area contributed by atoms with E-state index in [2.05, 4.69) is 66.0 Å². The van der Waals surface area contributed by atoms with Crippen molar-refractivity contribution in [2.75, 3.05) is 11.9 Å². The molecule has 0 radical (unpaired) electrons. The number of amides is 1. The molecule has 3 aromatic rings. The number of carbonyl (C=O) groups is 1. The van der Waals surface area contributed by atoms with Crippen molar-refractivity contribution in [1.29, 1.82) is 0 Å². The largest absolute Gasteiger partial charge is 0.330 e. The standard InChI is InChI=1S/C31H41F2N5O/c1-5-9-28(36-25-13-12-23-16-24(32)17-27(33)26(23)18-25)30(39)37-29-19-38(20-35-29)31(3,4)14-15-34-21(2)22-10-7-6-8-11-22/h6-8,10-11,16-17,19-21,25,28,34,36H,5,9,12-15,18H2,1-4H3,(H,37,39)/t21-,25?,28+/m1/s1. The van der Waals surface area contributed by atoms with Crippen LogP contribution in [0.3, 0.4) is 0 Å². The Hall–Kier alpha value is -3.10. The highest BCUT2D eigenvalue weighted by Crippen LogP contribution is 2.26. The molecule has 0 bridgehead atoms. The molecule has 2 aromatic carbocycles. The van der Waals surface area contributed by atoms with Gasteiger partial charge in [-0.05, 0) is 82.2 Å². The van der Waals surface area contributed by atoms with E-state index in [4.69, 9.17) is 0 Å². The van der Waals surface area contributed by atoms with Gasteiger partial charge in [0.2, 0.25) is 5.91 Å². The Bertz CT molecular complexity index is 1240. The lowest BCUT2D eigenvalue weighted by Crippen LogP contribution is -2.48. The summed E-state index contributed by atoms with van der Waals surface area (Å²) in [7, 11) is 0. The van der Waals surface area contributed by atoms with Crippen molar-refractivity contribution in [1.82, 2.24) is 20.2 Å². The number of carbonyl (C=O) groups excluding carboxylic acids is 1. The van der Waals surface area contributed by atoms with E-state index in [0.29, 0.717) is 30.6 Å². The summed E-state index contributed by atoms with van der Waals surface area (Å²) < 4.78 is 30.0. The fraction of sp³-hybridized carbons (Fsp3) is 0.484. The third kappa shape index (κ3) is 7.51. The molecule has 3 atom stereocenters. The van der Waals surface area contributed by atoms with E-state index in [1.54, 1.807) is 6.33 Å². The number of halogens is 2. The van der Waals surface area contributed by atoms with Gasteiger partial charge < -0.3 is 20.5 Å². The van der Waals surface area contributed by atoms with Gasteiger partial charge >= 0.3 is 0 Å². The SMILES string of the molecule is CCC[C@H](NC1CCc2cc(F)cc(F)c2C1)C(=O)Nc1cn(C(C)(C)CCN[C@H](C)c2ccccc2)cn1. The molecule has 8 heteroatoms. The highest BCUT2D eigenvalue weighted by atomic mass is 19.1. The van der Waals surface area contributed by atoms with Crippen LogP contribution in [0.5, 0.6) is 0 Å². The monoisotopic (exact) mass is 537 g/mol. The smallest absolute Gasteiger partial charge is 0.242 e. The summed E-state index contributed by atoms with van der Waals surface area (Å²) in [6, 6.07) is 12.5. The Balaban J connectivity index is 1.32. The van der Waals surface area contributed by atoms with Gasteiger partial charge in [-0.2, -0.15) is 0 Å². The van der Waals surface area contributed by atoms with E-state index < -0.39 is 17.7 Å². The average molecular weight is 538 g/mol. The minimum absolute atomic E-state index is 0.0537. The summed E-state index contributed by atoms with van der Waals surface area (Å²) in [5.74, 6) is -0.687. The van der Waals surface area contributed by atoms with Gasteiger partial charge in [-0.1, -0.05) is 43.7 Å². The van der Waals surface area contributed by atoms with Crippen molar-refractivity contribution in [2.45, 2.75) is 89.9 Å². The number of imidazole rings is 1. The molecule has 1 aliphatic carbocycles. The second-order valence-electron chi connectivity index (χ2n) is 11.3. The first-order valence-electron chi connectivity index (χ1n) is 14.0. The lowest BCUT2D eigenvalue weighted by Gasteiger charge is -2.29. The molecule has 0 fully saturated rings. The predicted molar refractivity (Wildman–Crippen MR) is 152 cm³/mol. The number of hydrogen-bond donors (Lipinski definition) is 3. The van der Waals surface area contributed by atoms with Gasteiger partial charge in [-0.3, -0.25) is 4.79 Å². The number of fused-ring (bicyclic) bond motifs is 1. The van der Waals surface area contributed by atoms with E-state index in [1.165, 1.54) is 11.6 Å². The Morgan fingerprint density at radius 1 is 1.21 bits per heavy atom. The molecule has 4 rings (SSSR count). The molecule has 1 aliphatic rings. The maximum atomic E-state index is 14.4. The zero-order chi connectivity index (χ0) is 28.0. The number of hydrogen-bond acceptors (Lipinski definition) is 4. The van der Waals surface area contributed by atoms with Crippen LogP contribution >= 0.6 is 0 Å². The van der Waals surface area contributed by atoms with Gasteiger partial charge in [-0.25, -0.2) is 13.8 Å². The minimum Gasteiger partial charge on any atom is -0.330 e. The van der Waals surface area contributed by atoms with Crippen molar-refractivity contribution in [3.8, 4) is 0 Å². The minimum atomic E-state index is -0.540. The summed E-state index contributed by atoms with van der Waals surface area (Å²) in [5, 5.41) is 9.99. The van der Waals surface area contributed by atoms with Gasteiger partial charge in [-0.15, -0.1) is 0 Å². The normalized spacial score (nSPS) is 16.9. The fourth-order valence-corrected chi connectivity index (χ4v) is 5.31. The molecular weight excluding hydrogens is 496 g/mol. The first kappa shape index (κ1) is 28.9. The number of aromatic nitrogens is 2. The number of anilines is 1. The molecule has 1 amide bonds. The first-order chi connectivity index (χ1) is 18.7. The van der Waals surface area contributed by atoms with Crippen molar-refractivity contribution < 1.29 is 13.6 Å². The third-order valence-electron chi connectivity index (χ3n) is 7.82. The summed E-state index contributed by atoms with van der Waals surface area (Å²) in [4.78, 5) is 17.7. The molecule has 6 nitrogen and oxygen atoms in total. The predicted octanol–water partition coefficient (Wildman–Crippen LogP) is 5.89. The van der Waals surface area contributed by atoms with E-state index >= 15 is 0 Å². The van der Waals surface area contributed by atoms with Crippen LogP contribution < -0.4 is 16.0 Å². The number of benzene rings is 2. The summed E-state index contributed by atoms with van der Waals surface area (Å²) >= 11 is 0. The van der Waals surface area contributed by atoms with Gasteiger partial charge in [0.1, 0.15) is 11.6 Å². The molecule has 0 saturated carbocycles. The quantitative estimate of drug-likeness (QED) is 0.269. The molecule has 39 heavy (non-hydrogen) atoms. The second-order valence-corrected chi connectivity index (χ2v) is 11.3. The number of nitrogens with zero attached hydrogens (tertiary/aromatic N) is 2. The van der Waals surface area contributed by atoms with E-state index in [9.17, 15) is 13.6 Å². The van der Waals surface area contributed by atoms with Crippen LogP contribution in [0.15, 0.2) is 55.0 Å². The summed E-state index contributed by atoms with van der Waals surface area (Å²) in [5.41, 5.74) is 2.33. The third-order valence-corrected chi connectivity index (χ3v) is 7.82. The number of rotatable bonds is 12. The molecule has 3 N–H and O–H groups in total. The van der Waals surface area contributed by atoms with Crippen LogP contribution in [0.1, 0.15) is 76.1 Å². The zero-order valence-corrected chi connectivity index (χ0v) is 23.4. The molecule has 1 unspecified atom stereocenters. The zero-order valence-electron chi connectivity index (χ0n) is 23.4. The molecule has 0 saturated heterocycles. The fourth-order valence-electron chi connectivity index (χ4n) is 5.31. The van der Waals surface area contributed by atoms with E-state index in [0.717, 1.165) is 37.4 Å². The first-order valence-corrected chi connectivity index (χ1v) is 14.0. The Kier molecular flexibility index (Phi) is 9.51. The van der Waals surface area contributed by atoms with Crippen molar-refractivity contribution in [3.05, 3.63) is 83.3 Å². The Morgan fingerprint density at radius 2 is 1.97 bits per heavy atom. The summed E-state index contributed by atoms with van der Waals surface area (Å²) in [6.45, 7) is 9.34. The molecular formula is C31H41F2N5O. The van der Waals surface area contributed by atoms with Crippen LogP contribution in [0.25, 0.3) is 0 Å². The summed E-state index contributed by atoms with van der Waals surface area (Å²) in [6.07, 6.45) is 7.75. The van der Waals surface area contributed by atoms with E-state index in [-0.39, 0.29) is 23.5 Å². The highest BCUT2D eigenvalue weighted by molar-refractivity contribution is 5.94. The molecule has 0 spiro atoms. The van der Waals surface area contributed by atoms with Gasteiger partial charge in [0.05, 0.1) is 12.4 Å². The second kappa shape index (κ2) is 12.8. The molecule has 0 aliphatic heterocycles. The molecule has 210 valence electrons. The highest BCUT2D eigenvalue weighted by Gasteiger charge is 2.28. The lowest BCUT2D eigenvalue weighted by molar-refractivity contribution is -0.118. The van der Waals surface area contributed by atoms with Crippen LogP contribution in [-0.2, 0) is 23.2 Å². The van der Waals surface area contributed by atoms with Gasteiger partial charge in [0.15, 0.2) is 5.82 Å². The average Bonchev–Trinajstić information content (AvgIpc) is 3.38.